The van der Waals surface area contributed by atoms with Crippen molar-refractivity contribution in [3.63, 3.8) is 0 Å². The van der Waals surface area contributed by atoms with Crippen molar-refractivity contribution in [1.82, 2.24) is 5.16 Å². The van der Waals surface area contributed by atoms with Crippen molar-refractivity contribution in [1.29, 1.82) is 0 Å². The smallest absolute Gasteiger partial charge is 0.354 e. The number of thiophene rings is 1. The molecular weight excluding hydrogens is 455 g/mol. The SMILES string of the molecule is CC(=O)Nc1c(C)noc1C=Cc1ccc(S(=O)(=O)Nc2cccc(C(F)(F)F)c2)s1. The Bertz CT molecular complexity index is 1240. The van der Waals surface area contributed by atoms with Gasteiger partial charge in [0, 0.05) is 17.5 Å². The number of benzene rings is 1. The first-order valence-corrected chi connectivity index (χ1v) is 11.0. The number of hydrogen-bond acceptors (Lipinski definition) is 6. The molecule has 0 saturated carbocycles. The number of nitrogens with one attached hydrogen (secondary N) is 2. The predicted molar refractivity (Wildman–Crippen MR) is 111 cm³/mol. The number of anilines is 2. The van der Waals surface area contributed by atoms with Crippen LogP contribution < -0.4 is 10.0 Å². The molecule has 12 heteroatoms. The summed E-state index contributed by atoms with van der Waals surface area (Å²) in [5.41, 5.74) is -0.272. The maximum atomic E-state index is 12.8. The number of aromatic nitrogens is 1. The molecule has 0 radical (unpaired) electrons. The van der Waals surface area contributed by atoms with Crippen LogP contribution in [0.1, 0.15) is 28.8 Å². The molecule has 2 heterocycles. The van der Waals surface area contributed by atoms with Crippen LogP contribution >= 0.6 is 11.3 Å². The fraction of sp³-hybridized carbons (Fsp3) is 0.158. The van der Waals surface area contributed by atoms with Crippen LogP contribution in [0, 0.1) is 6.92 Å². The molecule has 2 aromatic heterocycles. The summed E-state index contributed by atoms with van der Waals surface area (Å²) < 4.78 is 70.8. The standard InChI is InChI=1S/C19H16F3N3O4S2/c1-11-18(23-12(2)26)16(29-24-11)8-6-15-7-9-17(30-15)31(27,28)25-14-5-3-4-13(10-14)19(20,21)22/h3-10,25H,1-2H3,(H,23,26). The Balaban J connectivity index is 1.79. The van der Waals surface area contributed by atoms with E-state index in [0.717, 1.165) is 29.5 Å². The van der Waals surface area contributed by atoms with E-state index in [1.807, 2.05) is 0 Å². The normalized spacial score (nSPS) is 12.3. The summed E-state index contributed by atoms with van der Waals surface area (Å²) in [4.78, 5) is 11.8. The van der Waals surface area contributed by atoms with Gasteiger partial charge < -0.3 is 9.84 Å². The molecule has 0 fully saturated rings. The second kappa shape index (κ2) is 8.55. The van der Waals surface area contributed by atoms with Crippen LogP contribution in [0.3, 0.4) is 0 Å². The second-order valence-corrected chi connectivity index (χ2v) is 9.39. The fourth-order valence-electron chi connectivity index (χ4n) is 2.52. The van der Waals surface area contributed by atoms with Crippen molar-refractivity contribution in [2.45, 2.75) is 24.2 Å². The molecule has 1 aromatic carbocycles. The van der Waals surface area contributed by atoms with Gasteiger partial charge in [0.15, 0.2) is 5.76 Å². The molecule has 7 nitrogen and oxygen atoms in total. The summed E-state index contributed by atoms with van der Waals surface area (Å²) >= 11 is 0.906. The maximum Gasteiger partial charge on any atom is 0.416 e. The summed E-state index contributed by atoms with van der Waals surface area (Å²) in [5.74, 6) is -0.0151. The van der Waals surface area contributed by atoms with Gasteiger partial charge in [0.1, 0.15) is 15.6 Å². The molecule has 1 amide bonds. The summed E-state index contributed by atoms with van der Waals surface area (Å²) in [6, 6.07) is 6.80. The highest BCUT2D eigenvalue weighted by Gasteiger charge is 2.30. The first-order chi connectivity index (χ1) is 14.5. The topological polar surface area (TPSA) is 101 Å². The average molecular weight is 471 g/mol. The minimum Gasteiger partial charge on any atom is -0.354 e. The highest BCUT2D eigenvalue weighted by atomic mass is 32.2. The van der Waals surface area contributed by atoms with Crippen LogP contribution in [0.15, 0.2) is 45.1 Å². The number of amides is 1. The number of rotatable bonds is 6. The largest absolute Gasteiger partial charge is 0.416 e. The summed E-state index contributed by atoms with van der Waals surface area (Å²) in [6.45, 7) is 3.00. The van der Waals surface area contributed by atoms with Gasteiger partial charge in [0.25, 0.3) is 10.0 Å². The van der Waals surface area contributed by atoms with E-state index in [4.69, 9.17) is 4.52 Å². The summed E-state index contributed by atoms with van der Waals surface area (Å²) in [5, 5.41) is 6.37. The molecule has 31 heavy (non-hydrogen) atoms. The van der Waals surface area contributed by atoms with E-state index < -0.39 is 21.8 Å². The quantitative estimate of drug-likeness (QED) is 0.527. The van der Waals surface area contributed by atoms with Crippen molar-refractivity contribution in [2.24, 2.45) is 0 Å². The lowest BCUT2D eigenvalue weighted by Gasteiger charge is -2.10. The molecule has 0 aliphatic carbocycles. The van der Waals surface area contributed by atoms with Crippen molar-refractivity contribution in [2.75, 3.05) is 10.0 Å². The number of hydrogen-bond donors (Lipinski definition) is 2. The third-order valence-electron chi connectivity index (χ3n) is 3.90. The van der Waals surface area contributed by atoms with E-state index in [-0.39, 0.29) is 21.6 Å². The first kappa shape index (κ1) is 22.6. The van der Waals surface area contributed by atoms with Crippen LogP contribution in [0.5, 0.6) is 0 Å². The molecule has 0 bridgehead atoms. The van der Waals surface area contributed by atoms with Crippen LogP contribution in [-0.2, 0) is 21.0 Å². The van der Waals surface area contributed by atoms with Crippen LogP contribution in [0.25, 0.3) is 12.2 Å². The number of carbonyl (C=O) groups is 1. The molecule has 0 saturated heterocycles. The zero-order chi connectivity index (χ0) is 22.8. The van der Waals surface area contributed by atoms with Gasteiger partial charge >= 0.3 is 6.18 Å². The lowest BCUT2D eigenvalue weighted by Crippen LogP contribution is -2.12. The molecule has 0 unspecified atom stereocenters. The molecule has 0 atom stereocenters. The third-order valence-corrected chi connectivity index (χ3v) is 6.82. The Kier molecular flexibility index (Phi) is 6.23. The number of alkyl halides is 3. The number of halogens is 3. The minimum absolute atomic E-state index is 0.0830. The van der Waals surface area contributed by atoms with Crippen molar-refractivity contribution in [3.8, 4) is 0 Å². The monoisotopic (exact) mass is 471 g/mol. The van der Waals surface area contributed by atoms with Crippen LogP contribution in [-0.4, -0.2) is 19.5 Å². The lowest BCUT2D eigenvalue weighted by molar-refractivity contribution is -0.137. The van der Waals surface area contributed by atoms with Gasteiger partial charge in [0.05, 0.1) is 5.56 Å². The Hall–Kier alpha value is -3.12. The molecule has 0 spiro atoms. The molecule has 2 N–H and O–H groups in total. The fourth-order valence-corrected chi connectivity index (χ4v) is 4.80. The van der Waals surface area contributed by atoms with Gasteiger partial charge in [-0.15, -0.1) is 11.3 Å². The number of nitrogens with zero attached hydrogens (tertiary/aromatic N) is 1. The molecule has 3 aromatic rings. The van der Waals surface area contributed by atoms with Gasteiger partial charge in [-0.25, -0.2) is 8.42 Å². The number of carbonyl (C=O) groups excluding carboxylic acids is 1. The third kappa shape index (κ3) is 5.52. The van der Waals surface area contributed by atoms with Crippen LogP contribution in [0.4, 0.5) is 24.5 Å². The Labute approximate surface area is 179 Å². The molecule has 164 valence electrons. The molecule has 0 aliphatic heterocycles. The average Bonchev–Trinajstić information content (AvgIpc) is 3.27. The Morgan fingerprint density at radius 2 is 1.94 bits per heavy atom. The van der Waals surface area contributed by atoms with Crippen LogP contribution in [0.2, 0.25) is 0 Å². The highest BCUT2D eigenvalue weighted by Crippen LogP contribution is 2.32. The van der Waals surface area contributed by atoms with Gasteiger partial charge in [-0.1, -0.05) is 11.2 Å². The predicted octanol–water partition coefficient (Wildman–Crippen LogP) is 4.99. The lowest BCUT2D eigenvalue weighted by atomic mass is 10.2. The summed E-state index contributed by atoms with van der Waals surface area (Å²) in [6.07, 6.45) is -1.50. The van der Waals surface area contributed by atoms with Crippen molar-refractivity contribution in [3.05, 3.63) is 58.3 Å². The van der Waals surface area contributed by atoms with Gasteiger partial charge in [0.2, 0.25) is 5.91 Å². The van der Waals surface area contributed by atoms with E-state index >= 15 is 0 Å². The minimum atomic E-state index is -4.59. The maximum absolute atomic E-state index is 12.8. The van der Waals surface area contributed by atoms with Gasteiger partial charge in [-0.05, 0) is 49.4 Å². The Morgan fingerprint density at radius 3 is 2.61 bits per heavy atom. The summed E-state index contributed by atoms with van der Waals surface area (Å²) in [7, 11) is -4.08. The van der Waals surface area contributed by atoms with Crippen molar-refractivity contribution < 1.29 is 30.9 Å². The van der Waals surface area contributed by atoms with Gasteiger partial charge in [-0.2, -0.15) is 13.2 Å². The second-order valence-electron chi connectivity index (χ2n) is 6.36. The zero-order valence-electron chi connectivity index (χ0n) is 16.1. The molecule has 3 rings (SSSR count). The Morgan fingerprint density at radius 1 is 1.19 bits per heavy atom. The van der Waals surface area contributed by atoms with E-state index in [9.17, 15) is 26.4 Å². The van der Waals surface area contributed by atoms with E-state index in [1.165, 1.54) is 31.2 Å². The zero-order valence-corrected chi connectivity index (χ0v) is 17.8. The van der Waals surface area contributed by atoms with E-state index in [0.29, 0.717) is 16.3 Å². The first-order valence-electron chi connectivity index (χ1n) is 8.67. The molecule has 0 aliphatic rings. The van der Waals surface area contributed by atoms with E-state index in [1.54, 1.807) is 13.0 Å². The van der Waals surface area contributed by atoms with E-state index in [2.05, 4.69) is 15.2 Å². The highest BCUT2D eigenvalue weighted by molar-refractivity contribution is 7.94. The van der Waals surface area contributed by atoms with Gasteiger partial charge in [-0.3, -0.25) is 9.52 Å². The molecular formula is C19H16F3N3O4S2. The number of sulfonamides is 1. The number of aryl methyl sites for hydroxylation is 1. The van der Waals surface area contributed by atoms with Crippen molar-refractivity contribution >= 4 is 50.8 Å².